The molecular weight excluding hydrogens is 309 g/mol. The van der Waals surface area contributed by atoms with Gasteiger partial charge in [-0.2, -0.15) is 5.56 Å². The Labute approximate surface area is 125 Å². The average molecular weight is 320 g/mol. The zero-order valence-electron chi connectivity index (χ0n) is 9.61. The van der Waals surface area contributed by atoms with Gasteiger partial charge in [0.25, 0.3) is 0 Å². The van der Waals surface area contributed by atoms with E-state index >= 15 is 0 Å². The van der Waals surface area contributed by atoms with Crippen molar-refractivity contribution < 1.29 is 35.6 Å². The van der Waals surface area contributed by atoms with E-state index in [1.165, 1.54) is 16.7 Å². The van der Waals surface area contributed by atoms with E-state index in [1.54, 1.807) is 0 Å². The van der Waals surface area contributed by atoms with Gasteiger partial charge in [-0.05, 0) is 0 Å². The van der Waals surface area contributed by atoms with Crippen molar-refractivity contribution in [3.63, 3.8) is 0 Å². The fourth-order valence-electron chi connectivity index (χ4n) is 2.09. The second kappa shape index (κ2) is 7.38. The summed E-state index contributed by atoms with van der Waals surface area (Å²) in [4.78, 5) is 0. The molecule has 2 aromatic carbocycles. The first-order chi connectivity index (χ1) is 7.45. The Morgan fingerprint density at radius 2 is 1.39 bits per heavy atom. The molecule has 0 spiro atoms. The Bertz CT molecular complexity index is 509. The van der Waals surface area contributed by atoms with Crippen LogP contribution in [0.3, 0.4) is 0 Å². The number of hydrogen-bond acceptors (Lipinski definition) is 0. The van der Waals surface area contributed by atoms with Crippen LogP contribution in [0.5, 0.6) is 0 Å². The van der Waals surface area contributed by atoms with Crippen LogP contribution in [0.25, 0.3) is 6.08 Å². The average Bonchev–Trinajstić information content (AvgIpc) is 2.74. The number of allylic oxidation sites excluding steroid dienone is 1. The normalized spacial score (nSPS) is 14.8. The van der Waals surface area contributed by atoms with Crippen molar-refractivity contribution in [2.75, 3.05) is 0 Å². The zero-order valence-corrected chi connectivity index (χ0v) is 12.1. The summed E-state index contributed by atoms with van der Waals surface area (Å²) in [6, 6.07) is 19.0. The van der Waals surface area contributed by atoms with Gasteiger partial charge >= 0.3 is 26.2 Å². The van der Waals surface area contributed by atoms with Gasteiger partial charge in [-0.25, -0.2) is 6.08 Å². The largest absolute Gasteiger partial charge is 3.00 e. The molecule has 0 fully saturated rings. The van der Waals surface area contributed by atoms with Crippen molar-refractivity contribution in [3.8, 4) is 0 Å². The molecule has 1 atom stereocenters. The van der Waals surface area contributed by atoms with Crippen molar-refractivity contribution in [1.29, 1.82) is 0 Å². The molecule has 89 valence electrons. The fourth-order valence-corrected chi connectivity index (χ4v) is 2.09. The molecule has 0 heterocycles. The van der Waals surface area contributed by atoms with E-state index in [2.05, 4.69) is 60.7 Å². The standard InChI is InChI=1S/C15H11.2FH.Zr/c1-2-6-12(7-3-1)15-11-10-13-8-4-5-9-14(13)15;;;/h1-10,15H;2*1H;/q-1;;;+3/p-2. The molecule has 18 heavy (non-hydrogen) atoms. The molecule has 0 aromatic heterocycles. The number of benzene rings is 2. The topological polar surface area (TPSA) is 0 Å². The monoisotopic (exact) mass is 319 g/mol. The summed E-state index contributed by atoms with van der Waals surface area (Å²) in [5.41, 5.74) is 3.98. The number of hydrogen-bond donors (Lipinski definition) is 0. The van der Waals surface area contributed by atoms with Crippen LogP contribution >= 0.6 is 0 Å². The molecule has 0 N–H and O–H groups in total. The Kier molecular flexibility index (Phi) is 6.94. The van der Waals surface area contributed by atoms with E-state index < -0.39 is 0 Å². The molecule has 3 rings (SSSR count). The summed E-state index contributed by atoms with van der Waals surface area (Å²) in [7, 11) is 0. The maximum Gasteiger partial charge on any atom is 3.00 e. The van der Waals surface area contributed by atoms with Crippen LogP contribution in [-0.4, -0.2) is 0 Å². The van der Waals surface area contributed by atoms with Gasteiger partial charge in [0, 0.05) is 0 Å². The molecule has 0 bridgehead atoms. The Balaban J connectivity index is 0.000000963. The summed E-state index contributed by atoms with van der Waals surface area (Å²) in [6.07, 6.45) is 5.50. The second-order valence-corrected chi connectivity index (χ2v) is 3.78. The SMILES string of the molecule is [C-]1=Cc2ccccc2C1c1ccccc1.[F-].[F-].[Zr+3]. The first-order valence-electron chi connectivity index (χ1n) is 5.18. The molecule has 0 aliphatic heterocycles. The van der Waals surface area contributed by atoms with E-state index in [-0.39, 0.29) is 35.6 Å². The third-order valence-corrected chi connectivity index (χ3v) is 2.85. The Hall–Kier alpha value is -1.08. The Morgan fingerprint density at radius 1 is 0.778 bits per heavy atom. The molecular formula is C15H11F2Zr. The predicted molar refractivity (Wildman–Crippen MR) is 62.4 cm³/mol. The zero-order chi connectivity index (χ0) is 10.1. The van der Waals surface area contributed by atoms with Crippen molar-refractivity contribution in [2.45, 2.75) is 5.92 Å². The summed E-state index contributed by atoms with van der Waals surface area (Å²) in [6.45, 7) is 0. The third kappa shape index (κ3) is 3.03. The summed E-state index contributed by atoms with van der Waals surface area (Å²) >= 11 is 0. The van der Waals surface area contributed by atoms with Gasteiger partial charge < -0.3 is 9.41 Å². The molecule has 1 aliphatic carbocycles. The van der Waals surface area contributed by atoms with Crippen molar-refractivity contribution in [1.82, 2.24) is 0 Å². The molecule has 0 amide bonds. The maximum atomic E-state index is 3.41. The molecule has 1 unspecified atom stereocenters. The van der Waals surface area contributed by atoms with Gasteiger partial charge in [-0.15, -0.1) is 11.6 Å². The maximum absolute atomic E-state index is 3.41. The molecule has 2 aromatic rings. The van der Waals surface area contributed by atoms with Crippen LogP contribution < -0.4 is 9.41 Å². The van der Waals surface area contributed by atoms with Gasteiger partial charge in [0.05, 0.1) is 0 Å². The quantitative estimate of drug-likeness (QED) is 0.517. The summed E-state index contributed by atoms with van der Waals surface area (Å²) in [5, 5.41) is 0. The van der Waals surface area contributed by atoms with E-state index in [0.29, 0.717) is 5.92 Å². The van der Waals surface area contributed by atoms with Gasteiger partial charge in [0.15, 0.2) is 0 Å². The van der Waals surface area contributed by atoms with Crippen molar-refractivity contribution in [3.05, 3.63) is 77.4 Å². The molecule has 1 aliphatic rings. The minimum atomic E-state index is 0. The van der Waals surface area contributed by atoms with Crippen LogP contribution in [0.1, 0.15) is 22.6 Å². The van der Waals surface area contributed by atoms with Crippen molar-refractivity contribution in [2.24, 2.45) is 0 Å². The van der Waals surface area contributed by atoms with Crippen LogP contribution in [-0.2, 0) is 26.2 Å². The van der Waals surface area contributed by atoms with Crippen LogP contribution in [0, 0.1) is 6.08 Å². The third-order valence-electron chi connectivity index (χ3n) is 2.85. The molecule has 0 saturated carbocycles. The summed E-state index contributed by atoms with van der Waals surface area (Å²) in [5.74, 6) is 0.322. The molecule has 0 saturated heterocycles. The van der Waals surface area contributed by atoms with Gasteiger partial charge in [-0.3, -0.25) is 6.08 Å². The Morgan fingerprint density at radius 3 is 2.11 bits per heavy atom. The molecule has 1 radical (unpaired) electrons. The fraction of sp³-hybridized carbons (Fsp3) is 0.0667. The first-order valence-corrected chi connectivity index (χ1v) is 5.18. The van der Waals surface area contributed by atoms with Gasteiger partial charge in [0.2, 0.25) is 0 Å². The number of fused-ring (bicyclic) bond motifs is 1. The van der Waals surface area contributed by atoms with Crippen LogP contribution in [0.2, 0.25) is 0 Å². The summed E-state index contributed by atoms with van der Waals surface area (Å²) < 4.78 is 0. The number of rotatable bonds is 1. The van der Waals surface area contributed by atoms with Crippen LogP contribution in [0.4, 0.5) is 0 Å². The van der Waals surface area contributed by atoms with E-state index in [1.807, 2.05) is 6.07 Å². The van der Waals surface area contributed by atoms with E-state index in [0.717, 1.165) is 0 Å². The smallest absolute Gasteiger partial charge is 1.00 e. The van der Waals surface area contributed by atoms with Gasteiger partial charge in [0.1, 0.15) is 0 Å². The predicted octanol–water partition coefficient (Wildman–Crippen LogP) is -2.35. The second-order valence-electron chi connectivity index (χ2n) is 3.78. The molecule has 0 nitrogen and oxygen atoms in total. The number of halogens is 2. The van der Waals surface area contributed by atoms with Crippen molar-refractivity contribution >= 4 is 6.08 Å². The minimum Gasteiger partial charge on any atom is -1.00 e. The van der Waals surface area contributed by atoms with Gasteiger partial charge in [-0.1, -0.05) is 60.0 Å². The first kappa shape index (κ1) is 16.9. The van der Waals surface area contributed by atoms with Crippen LogP contribution in [0.15, 0.2) is 54.6 Å². The van der Waals surface area contributed by atoms with E-state index in [9.17, 15) is 0 Å². The minimum absolute atomic E-state index is 0. The van der Waals surface area contributed by atoms with E-state index in [4.69, 9.17) is 0 Å². The molecule has 3 heteroatoms.